The molecular weight excluding hydrogens is 405 g/mol. The summed E-state index contributed by atoms with van der Waals surface area (Å²) in [6, 6.07) is 14.7. The van der Waals surface area contributed by atoms with Crippen LogP contribution in [0, 0.1) is 11.7 Å². The summed E-state index contributed by atoms with van der Waals surface area (Å²) in [5, 5.41) is 0. The Balaban J connectivity index is 1.77. The van der Waals surface area contributed by atoms with Crippen LogP contribution in [0.1, 0.15) is 63.5 Å². The summed E-state index contributed by atoms with van der Waals surface area (Å²) in [5.41, 5.74) is 2.06. The van der Waals surface area contributed by atoms with Crippen molar-refractivity contribution in [3.05, 3.63) is 65.5 Å². The lowest BCUT2D eigenvalue weighted by Crippen LogP contribution is -2.38. The minimum atomic E-state index is -0.220. The Morgan fingerprint density at radius 1 is 1.19 bits per heavy atom. The molecule has 0 spiro atoms. The van der Waals surface area contributed by atoms with Gasteiger partial charge in [-0.05, 0) is 80.3 Å². The highest BCUT2D eigenvalue weighted by atomic mass is 19.1. The summed E-state index contributed by atoms with van der Waals surface area (Å²) in [5.74, 6) is 1.42. The zero-order chi connectivity index (χ0) is 23.1. The van der Waals surface area contributed by atoms with Crippen molar-refractivity contribution in [2.45, 2.75) is 64.5 Å². The average molecular weight is 442 g/mol. The fraction of sp³-hybridized carbons (Fsp3) is 0.519. The summed E-state index contributed by atoms with van der Waals surface area (Å²) in [7, 11) is 1.65. The van der Waals surface area contributed by atoms with Crippen LogP contribution in [0.4, 0.5) is 4.39 Å². The number of hydrogen-bond donors (Lipinski definition) is 0. The smallest absolute Gasteiger partial charge is 0.222 e. The third-order valence-electron chi connectivity index (χ3n) is 6.50. The molecule has 2 aromatic carbocycles. The number of amides is 1. The molecule has 2 aromatic rings. The van der Waals surface area contributed by atoms with Crippen molar-refractivity contribution in [2.75, 3.05) is 20.3 Å². The molecule has 2 atom stereocenters. The van der Waals surface area contributed by atoms with Gasteiger partial charge in [0.25, 0.3) is 0 Å². The van der Waals surface area contributed by atoms with E-state index in [1.165, 1.54) is 0 Å². The molecule has 3 rings (SSSR count). The molecule has 0 aliphatic carbocycles. The van der Waals surface area contributed by atoms with Gasteiger partial charge in [-0.2, -0.15) is 0 Å². The van der Waals surface area contributed by atoms with E-state index in [9.17, 15) is 9.18 Å². The second-order valence-corrected chi connectivity index (χ2v) is 9.32. The van der Waals surface area contributed by atoms with Crippen molar-refractivity contribution in [1.82, 2.24) is 4.90 Å². The second-order valence-electron chi connectivity index (χ2n) is 9.32. The number of halogens is 1. The molecule has 0 radical (unpaired) electrons. The van der Waals surface area contributed by atoms with Gasteiger partial charge in [0, 0.05) is 26.1 Å². The van der Waals surface area contributed by atoms with Crippen LogP contribution in [0.3, 0.4) is 0 Å². The molecule has 1 amide bonds. The van der Waals surface area contributed by atoms with Crippen LogP contribution in [0.15, 0.2) is 48.5 Å². The summed E-state index contributed by atoms with van der Waals surface area (Å²) in [4.78, 5) is 14.7. The Hall–Kier alpha value is -2.40. The second kappa shape index (κ2) is 11.0. The quantitative estimate of drug-likeness (QED) is 0.482. The predicted octanol–water partition coefficient (Wildman–Crippen LogP) is 5.95. The van der Waals surface area contributed by atoms with Crippen molar-refractivity contribution in [3.8, 4) is 5.75 Å². The molecule has 1 heterocycles. The van der Waals surface area contributed by atoms with Gasteiger partial charge in [-0.25, -0.2) is 4.39 Å². The van der Waals surface area contributed by atoms with Crippen molar-refractivity contribution in [3.63, 3.8) is 0 Å². The highest BCUT2D eigenvalue weighted by Gasteiger charge is 2.34. The van der Waals surface area contributed by atoms with E-state index in [1.54, 1.807) is 19.2 Å². The van der Waals surface area contributed by atoms with Crippen LogP contribution in [-0.4, -0.2) is 36.7 Å². The minimum Gasteiger partial charge on any atom is -0.497 e. The molecule has 174 valence electrons. The molecule has 0 N–H and O–H groups in total. The van der Waals surface area contributed by atoms with E-state index in [2.05, 4.69) is 13.8 Å². The first kappa shape index (κ1) is 24.2. The van der Waals surface area contributed by atoms with Gasteiger partial charge in [-0.3, -0.25) is 4.79 Å². The molecule has 32 heavy (non-hydrogen) atoms. The number of nitrogens with zero attached hydrogens (tertiary/aromatic N) is 1. The zero-order valence-electron chi connectivity index (χ0n) is 19.8. The largest absolute Gasteiger partial charge is 0.497 e. The Labute approximate surface area is 191 Å². The van der Waals surface area contributed by atoms with Gasteiger partial charge in [0.05, 0.1) is 12.7 Å². The molecule has 0 aromatic heterocycles. The molecule has 1 aliphatic rings. The maximum absolute atomic E-state index is 13.6. The Morgan fingerprint density at radius 3 is 2.47 bits per heavy atom. The van der Waals surface area contributed by atoms with Gasteiger partial charge >= 0.3 is 0 Å². The first-order chi connectivity index (χ1) is 15.3. The lowest BCUT2D eigenvalue weighted by Gasteiger charge is -2.40. The fourth-order valence-electron chi connectivity index (χ4n) is 4.77. The molecule has 4 nitrogen and oxygen atoms in total. The number of hydrogen-bond acceptors (Lipinski definition) is 3. The number of benzene rings is 2. The maximum Gasteiger partial charge on any atom is 0.222 e. The molecular formula is C27H36FNO3. The van der Waals surface area contributed by atoms with Crippen molar-refractivity contribution in [1.29, 1.82) is 0 Å². The molecule has 0 saturated carbocycles. The van der Waals surface area contributed by atoms with Gasteiger partial charge in [0.1, 0.15) is 11.6 Å². The zero-order valence-corrected chi connectivity index (χ0v) is 19.8. The first-order valence-corrected chi connectivity index (χ1v) is 11.6. The number of methoxy groups -OCH3 is 1. The Kier molecular flexibility index (Phi) is 8.30. The van der Waals surface area contributed by atoms with E-state index < -0.39 is 0 Å². The Bertz CT molecular complexity index is 863. The van der Waals surface area contributed by atoms with Crippen molar-refractivity contribution < 1.29 is 18.7 Å². The van der Waals surface area contributed by atoms with Gasteiger partial charge in [-0.15, -0.1) is 0 Å². The first-order valence-electron chi connectivity index (χ1n) is 11.6. The van der Waals surface area contributed by atoms with Gasteiger partial charge in [-0.1, -0.05) is 31.2 Å². The topological polar surface area (TPSA) is 38.8 Å². The minimum absolute atomic E-state index is 0.144. The molecule has 1 aliphatic heterocycles. The molecule has 0 bridgehead atoms. The highest BCUT2D eigenvalue weighted by Crippen LogP contribution is 2.40. The number of carbonyl (C=O) groups excluding carboxylic acids is 1. The Morgan fingerprint density at radius 2 is 1.88 bits per heavy atom. The number of ether oxygens (including phenoxy) is 2. The number of rotatable bonds is 9. The SMILES string of the molecule is CCC(=O)N(CCC(c1ccc(F)cc1)C1CCOC(C)(C)C1)Cc1ccc(OC)cc1. The molecule has 1 saturated heterocycles. The van der Waals surface area contributed by atoms with Crippen molar-refractivity contribution in [2.24, 2.45) is 5.92 Å². The van der Waals surface area contributed by atoms with Gasteiger partial charge in [0.15, 0.2) is 0 Å². The lowest BCUT2D eigenvalue weighted by molar-refractivity contribution is -0.131. The van der Waals surface area contributed by atoms with Gasteiger partial charge in [0.2, 0.25) is 5.91 Å². The van der Waals surface area contributed by atoms with E-state index in [4.69, 9.17) is 9.47 Å². The van der Waals surface area contributed by atoms with Crippen molar-refractivity contribution >= 4 is 5.91 Å². The normalized spacial score (nSPS) is 18.7. The van der Waals surface area contributed by atoms with E-state index >= 15 is 0 Å². The standard InChI is InChI=1S/C27H36FNO3/c1-5-26(30)29(19-20-6-12-24(31-4)13-7-20)16-14-25(21-8-10-23(28)11-9-21)22-15-17-32-27(2,3)18-22/h6-13,22,25H,5,14-19H2,1-4H3. The lowest BCUT2D eigenvalue weighted by atomic mass is 9.75. The van der Waals surface area contributed by atoms with Crippen LogP contribution < -0.4 is 4.74 Å². The molecule has 5 heteroatoms. The third kappa shape index (κ3) is 6.55. The summed E-state index contributed by atoms with van der Waals surface area (Å²) in [6.07, 6.45) is 3.25. The van der Waals surface area contributed by atoms with Crippen LogP contribution in [0.2, 0.25) is 0 Å². The summed E-state index contributed by atoms with van der Waals surface area (Å²) in [6.45, 7) is 8.15. The predicted molar refractivity (Wildman–Crippen MR) is 125 cm³/mol. The van der Waals surface area contributed by atoms with Gasteiger partial charge < -0.3 is 14.4 Å². The summed E-state index contributed by atoms with van der Waals surface area (Å²) >= 11 is 0. The number of carbonyl (C=O) groups is 1. The molecule has 1 fully saturated rings. The molecule has 2 unspecified atom stereocenters. The van der Waals surface area contributed by atoms with Crippen LogP contribution in [-0.2, 0) is 16.1 Å². The van der Waals surface area contributed by atoms with E-state index in [-0.39, 0.29) is 23.2 Å². The van der Waals surface area contributed by atoms with Crippen LogP contribution >= 0.6 is 0 Å². The monoisotopic (exact) mass is 441 g/mol. The van der Waals surface area contributed by atoms with E-state index in [0.29, 0.717) is 25.4 Å². The van der Waals surface area contributed by atoms with E-state index in [0.717, 1.165) is 42.7 Å². The fourth-order valence-corrected chi connectivity index (χ4v) is 4.77. The third-order valence-corrected chi connectivity index (χ3v) is 6.50. The van der Waals surface area contributed by atoms with Crippen LogP contribution in [0.25, 0.3) is 0 Å². The maximum atomic E-state index is 13.6. The summed E-state index contributed by atoms with van der Waals surface area (Å²) < 4.78 is 24.8. The van der Waals surface area contributed by atoms with Crippen LogP contribution in [0.5, 0.6) is 5.75 Å². The van der Waals surface area contributed by atoms with E-state index in [1.807, 2.05) is 48.2 Å². The average Bonchev–Trinajstić information content (AvgIpc) is 2.79. The highest BCUT2D eigenvalue weighted by molar-refractivity contribution is 5.75.